The minimum absolute atomic E-state index is 0.0412. The quantitative estimate of drug-likeness (QED) is 0.506. The van der Waals surface area contributed by atoms with Gasteiger partial charge in [-0.1, -0.05) is 31.2 Å². The molecule has 0 aliphatic rings. The number of nitro benzene ring substituents is 1. The number of hydrogen-bond donors (Lipinski definition) is 2. The molecule has 0 radical (unpaired) electrons. The maximum absolute atomic E-state index is 12.2. The van der Waals surface area contributed by atoms with E-state index in [-0.39, 0.29) is 23.3 Å². The largest absolute Gasteiger partial charge is 0.352 e. The number of carbonyl (C=O) groups excluding carboxylic acids is 2. The van der Waals surface area contributed by atoms with Gasteiger partial charge in [-0.25, -0.2) is 0 Å². The molecule has 0 atom stereocenters. The van der Waals surface area contributed by atoms with Crippen LogP contribution in [0.15, 0.2) is 48.5 Å². The van der Waals surface area contributed by atoms with Crippen LogP contribution < -0.4 is 10.6 Å². The Balaban J connectivity index is 1.87. The number of para-hydroxylation sites is 1. The van der Waals surface area contributed by atoms with Gasteiger partial charge < -0.3 is 10.6 Å². The molecule has 2 rings (SSSR count). The molecule has 0 heterocycles. The third-order valence-electron chi connectivity index (χ3n) is 3.63. The molecule has 0 aliphatic carbocycles. The zero-order valence-corrected chi connectivity index (χ0v) is 15.8. The molecule has 142 valence electrons. The van der Waals surface area contributed by atoms with Crippen LogP contribution in [0.4, 0.5) is 11.4 Å². The average Bonchev–Trinajstić information content (AvgIpc) is 2.67. The van der Waals surface area contributed by atoms with Crippen LogP contribution in [0.2, 0.25) is 0 Å². The summed E-state index contributed by atoms with van der Waals surface area (Å²) in [4.78, 5) is 34.5. The van der Waals surface area contributed by atoms with E-state index in [0.717, 1.165) is 12.0 Å². The SMILES string of the molecule is CCCNC(=O)c1ccccc1NC(=O)CSCc1ccc([N+](=O)[O-])cc1. The second-order valence-corrected chi connectivity index (χ2v) is 6.75. The van der Waals surface area contributed by atoms with E-state index >= 15 is 0 Å². The number of nitro groups is 1. The number of rotatable bonds is 9. The Morgan fingerprint density at radius 1 is 1.11 bits per heavy atom. The Bertz CT molecular complexity index is 809. The van der Waals surface area contributed by atoms with Crippen molar-refractivity contribution in [3.8, 4) is 0 Å². The van der Waals surface area contributed by atoms with Gasteiger partial charge in [0.1, 0.15) is 0 Å². The van der Waals surface area contributed by atoms with Gasteiger partial charge in [0.15, 0.2) is 0 Å². The predicted octanol–water partition coefficient (Wildman–Crippen LogP) is 3.61. The van der Waals surface area contributed by atoms with Gasteiger partial charge in [-0.15, -0.1) is 11.8 Å². The molecule has 2 aromatic carbocycles. The first-order chi connectivity index (χ1) is 13.0. The monoisotopic (exact) mass is 387 g/mol. The minimum atomic E-state index is -0.446. The Morgan fingerprint density at radius 2 is 1.81 bits per heavy atom. The van der Waals surface area contributed by atoms with Gasteiger partial charge in [0.2, 0.25) is 5.91 Å². The summed E-state index contributed by atoms with van der Waals surface area (Å²) < 4.78 is 0. The second kappa shape index (κ2) is 10.3. The molecule has 27 heavy (non-hydrogen) atoms. The normalized spacial score (nSPS) is 10.3. The maximum Gasteiger partial charge on any atom is 0.269 e. The molecule has 2 amide bonds. The van der Waals surface area contributed by atoms with Crippen LogP contribution >= 0.6 is 11.8 Å². The van der Waals surface area contributed by atoms with Crippen LogP contribution in [0.5, 0.6) is 0 Å². The summed E-state index contributed by atoms with van der Waals surface area (Å²) in [5, 5.41) is 16.2. The van der Waals surface area contributed by atoms with Gasteiger partial charge in [-0.2, -0.15) is 0 Å². The Kier molecular flexibility index (Phi) is 7.81. The fourth-order valence-corrected chi connectivity index (χ4v) is 3.07. The Hall–Kier alpha value is -2.87. The lowest BCUT2D eigenvalue weighted by Gasteiger charge is -2.11. The van der Waals surface area contributed by atoms with Crippen molar-refractivity contribution >= 4 is 35.0 Å². The van der Waals surface area contributed by atoms with Gasteiger partial charge in [0, 0.05) is 24.4 Å². The summed E-state index contributed by atoms with van der Waals surface area (Å²) in [7, 11) is 0. The molecule has 0 spiro atoms. The van der Waals surface area contributed by atoms with Crippen molar-refractivity contribution < 1.29 is 14.5 Å². The lowest BCUT2D eigenvalue weighted by Crippen LogP contribution is -2.26. The van der Waals surface area contributed by atoms with Crippen LogP contribution in [0.3, 0.4) is 0 Å². The van der Waals surface area contributed by atoms with Gasteiger partial charge in [-0.3, -0.25) is 19.7 Å². The lowest BCUT2D eigenvalue weighted by molar-refractivity contribution is -0.384. The zero-order chi connectivity index (χ0) is 19.6. The fraction of sp³-hybridized carbons (Fsp3) is 0.263. The number of nitrogens with one attached hydrogen (secondary N) is 2. The summed E-state index contributed by atoms with van der Waals surface area (Å²) in [5.74, 6) is 0.343. The summed E-state index contributed by atoms with van der Waals surface area (Å²) in [6.45, 7) is 2.54. The number of benzene rings is 2. The third-order valence-corrected chi connectivity index (χ3v) is 4.63. The van der Waals surface area contributed by atoms with Crippen molar-refractivity contribution in [3.63, 3.8) is 0 Å². The van der Waals surface area contributed by atoms with E-state index in [9.17, 15) is 19.7 Å². The van der Waals surface area contributed by atoms with Crippen molar-refractivity contribution in [2.45, 2.75) is 19.1 Å². The number of hydrogen-bond acceptors (Lipinski definition) is 5. The molecular weight excluding hydrogens is 366 g/mol. The first-order valence-electron chi connectivity index (χ1n) is 8.49. The van der Waals surface area contributed by atoms with Gasteiger partial charge in [-0.05, 0) is 24.1 Å². The van der Waals surface area contributed by atoms with Gasteiger partial charge in [0.05, 0.1) is 21.9 Å². The van der Waals surface area contributed by atoms with E-state index in [0.29, 0.717) is 23.5 Å². The molecule has 0 fully saturated rings. The van der Waals surface area contributed by atoms with E-state index in [1.54, 1.807) is 36.4 Å². The van der Waals surface area contributed by atoms with Gasteiger partial charge >= 0.3 is 0 Å². The number of non-ortho nitro benzene ring substituents is 1. The van der Waals surface area contributed by atoms with E-state index in [1.807, 2.05) is 6.92 Å². The molecule has 0 aromatic heterocycles. The molecule has 2 aromatic rings. The number of carbonyl (C=O) groups is 2. The van der Waals surface area contributed by atoms with Crippen molar-refractivity contribution in [1.29, 1.82) is 0 Å². The van der Waals surface area contributed by atoms with Crippen LogP contribution in [-0.4, -0.2) is 29.0 Å². The Morgan fingerprint density at radius 3 is 2.48 bits per heavy atom. The van der Waals surface area contributed by atoms with E-state index in [1.165, 1.54) is 23.9 Å². The van der Waals surface area contributed by atoms with Crippen molar-refractivity contribution in [1.82, 2.24) is 5.32 Å². The summed E-state index contributed by atoms with van der Waals surface area (Å²) in [5.41, 5.74) is 1.85. The first-order valence-corrected chi connectivity index (χ1v) is 9.65. The van der Waals surface area contributed by atoms with Crippen molar-refractivity contribution in [3.05, 3.63) is 69.8 Å². The van der Waals surface area contributed by atoms with Crippen LogP contribution in [0.1, 0.15) is 29.3 Å². The third kappa shape index (κ3) is 6.41. The molecule has 0 saturated heterocycles. The van der Waals surface area contributed by atoms with Crippen LogP contribution in [-0.2, 0) is 10.5 Å². The van der Waals surface area contributed by atoms with Crippen molar-refractivity contribution in [2.24, 2.45) is 0 Å². The van der Waals surface area contributed by atoms with E-state index in [4.69, 9.17) is 0 Å². The first kappa shape index (κ1) is 20.4. The van der Waals surface area contributed by atoms with Crippen molar-refractivity contribution in [2.75, 3.05) is 17.6 Å². The average molecular weight is 387 g/mol. The molecule has 7 nitrogen and oxygen atoms in total. The molecule has 2 N–H and O–H groups in total. The zero-order valence-electron chi connectivity index (χ0n) is 14.9. The highest BCUT2D eigenvalue weighted by Crippen LogP contribution is 2.18. The molecule has 0 bridgehead atoms. The Labute approximate surface area is 161 Å². The van der Waals surface area contributed by atoms with E-state index in [2.05, 4.69) is 10.6 Å². The van der Waals surface area contributed by atoms with E-state index < -0.39 is 4.92 Å². The summed E-state index contributed by atoms with van der Waals surface area (Å²) in [6, 6.07) is 13.1. The molecular formula is C19H21N3O4S. The molecule has 0 unspecified atom stereocenters. The minimum Gasteiger partial charge on any atom is -0.352 e. The number of nitrogens with zero attached hydrogens (tertiary/aromatic N) is 1. The van der Waals surface area contributed by atoms with Gasteiger partial charge in [0.25, 0.3) is 11.6 Å². The number of anilines is 1. The predicted molar refractivity (Wildman–Crippen MR) is 107 cm³/mol. The number of thioether (sulfide) groups is 1. The highest BCUT2D eigenvalue weighted by Gasteiger charge is 2.12. The fourth-order valence-electron chi connectivity index (χ4n) is 2.29. The summed E-state index contributed by atoms with van der Waals surface area (Å²) in [6.07, 6.45) is 0.833. The lowest BCUT2D eigenvalue weighted by atomic mass is 10.1. The number of amides is 2. The molecule has 0 aliphatic heterocycles. The highest BCUT2D eigenvalue weighted by atomic mass is 32.2. The smallest absolute Gasteiger partial charge is 0.269 e. The second-order valence-electron chi connectivity index (χ2n) is 5.77. The standard InChI is InChI=1S/C19H21N3O4S/c1-2-11-20-19(24)16-5-3-4-6-17(16)21-18(23)13-27-12-14-7-9-15(10-8-14)22(25)26/h3-10H,2,11-13H2,1H3,(H,20,24)(H,21,23). The van der Waals surface area contributed by atoms with Crippen LogP contribution in [0, 0.1) is 10.1 Å². The topological polar surface area (TPSA) is 101 Å². The molecule has 8 heteroatoms. The highest BCUT2D eigenvalue weighted by molar-refractivity contribution is 7.99. The molecule has 0 saturated carbocycles. The van der Waals surface area contributed by atoms with Crippen LogP contribution in [0.25, 0.3) is 0 Å². The maximum atomic E-state index is 12.2. The summed E-state index contributed by atoms with van der Waals surface area (Å²) >= 11 is 1.39.